The quantitative estimate of drug-likeness (QED) is 0.598. The highest BCUT2D eigenvalue weighted by Crippen LogP contribution is 2.27. The van der Waals surface area contributed by atoms with Crippen LogP contribution in [0, 0.1) is 21.4 Å². The van der Waals surface area contributed by atoms with E-state index in [0.717, 1.165) is 0 Å². The van der Waals surface area contributed by atoms with Gasteiger partial charge in [0.05, 0.1) is 17.4 Å². The molecule has 0 aliphatic rings. The average Bonchev–Trinajstić information content (AvgIpc) is 2.40. The zero-order valence-corrected chi connectivity index (χ0v) is 11.1. The molecule has 0 aliphatic heterocycles. The van der Waals surface area contributed by atoms with Gasteiger partial charge in [-0.25, -0.2) is 4.98 Å². The first-order valence-electron chi connectivity index (χ1n) is 6.15. The number of rotatable bonds is 7. The van der Waals surface area contributed by atoms with Crippen LogP contribution in [0.25, 0.3) is 0 Å². The molecule has 0 bridgehead atoms. The van der Waals surface area contributed by atoms with Crippen molar-refractivity contribution in [3.8, 4) is 6.07 Å². The van der Waals surface area contributed by atoms with Gasteiger partial charge in [-0.3, -0.25) is 10.1 Å². The van der Waals surface area contributed by atoms with Crippen molar-refractivity contribution in [2.24, 2.45) is 0 Å². The van der Waals surface area contributed by atoms with E-state index in [0.29, 0.717) is 37.7 Å². The Morgan fingerprint density at radius 3 is 2.79 bits per heavy atom. The molecule has 1 aromatic heterocycles. The Hall–Kier alpha value is -2.36. The van der Waals surface area contributed by atoms with Gasteiger partial charge in [-0.2, -0.15) is 5.26 Å². The number of nitrogens with zero attached hydrogens (tertiary/aromatic N) is 4. The molecule has 0 saturated carbocycles. The van der Waals surface area contributed by atoms with Crippen molar-refractivity contribution >= 4 is 17.3 Å². The molecule has 19 heavy (non-hydrogen) atoms. The maximum atomic E-state index is 11.0. The van der Waals surface area contributed by atoms with Gasteiger partial charge >= 0.3 is 5.69 Å². The van der Waals surface area contributed by atoms with E-state index in [-0.39, 0.29) is 5.69 Å². The summed E-state index contributed by atoms with van der Waals surface area (Å²) in [6, 6.07) is 5.06. The Morgan fingerprint density at radius 1 is 1.53 bits per heavy atom. The summed E-state index contributed by atoms with van der Waals surface area (Å²) in [5, 5.41) is 22.7. The molecule has 0 spiro atoms. The van der Waals surface area contributed by atoms with Gasteiger partial charge in [0.2, 0.25) is 5.82 Å². The van der Waals surface area contributed by atoms with Crippen LogP contribution in [0.5, 0.6) is 0 Å². The van der Waals surface area contributed by atoms with Crippen LogP contribution in [0.3, 0.4) is 0 Å². The molecule has 7 heteroatoms. The molecule has 0 atom stereocenters. The van der Waals surface area contributed by atoms with E-state index in [1.165, 1.54) is 6.07 Å². The van der Waals surface area contributed by atoms with E-state index in [1.807, 2.05) is 19.9 Å². The molecule has 0 amide bonds. The molecule has 0 aliphatic carbocycles. The number of aromatic nitrogens is 1. The zero-order chi connectivity index (χ0) is 14.3. The summed E-state index contributed by atoms with van der Waals surface area (Å²) in [5.74, 6) is 0.903. The van der Waals surface area contributed by atoms with Crippen LogP contribution in [-0.4, -0.2) is 29.5 Å². The number of nitrogens with one attached hydrogen (secondary N) is 1. The minimum absolute atomic E-state index is 0.0403. The van der Waals surface area contributed by atoms with Crippen molar-refractivity contribution in [2.75, 3.05) is 29.9 Å². The predicted octanol–water partition coefficient (Wildman–Crippen LogP) is 2.16. The smallest absolute Gasteiger partial charge is 0.311 e. The fraction of sp³-hybridized carbons (Fsp3) is 0.500. The molecule has 102 valence electrons. The van der Waals surface area contributed by atoms with Gasteiger partial charge in [-0.05, 0) is 19.9 Å². The van der Waals surface area contributed by atoms with Gasteiger partial charge in [-0.1, -0.05) is 0 Å². The van der Waals surface area contributed by atoms with Gasteiger partial charge in [0, 0.05) is 25.7 Å². The Labute approximate surface area is 112 Å². The van der Waals surface area contributed by atoms with Gasteiger partial charge < -0.3 is 10.2 Å². The summed E-state index contributed by atoms with van der Waals surface area (Å²) in [5.41, 5.74) is -0.0403. The van der Waals surface area contributed by atoms with Crippen LogP contribution in [0.15, 0.2) is 12.1 Å². The second kappa shape index (κ2) is 7.16. The Kier molecular flexibility index (Phi) is 5.54. The Bertz CT molecular complexity index is 483. The highest BCUT2D eigenvalue weighted by molar-refractivity contribution is 5.61. The molecule has 1 N–H and O–H groups in total. The predicted molar refractivity (Wildman–Crippen MR) is 73.2 cm³/mol. The van der Waals surface area contributed by atoms with Crippen molar-refractivity contribution in [1.29, 1.82) is 5.26 Å². The molecule has 1 rings (SSSR count). The summed E-state index contributed by atoms with van der Waals surface area (Å²) in [4.78, 5) is 16.6. The highest BCUT2D eigenvalue weighted by atomic mass is 16.6. The lowest BCUT2D eigenvalue weighted by Crippen LogP contribution is -2.26. The van der Waals surface area contributed by atoms with Crippen molar-refractivity contribution in [3.05, 3.63) is 22.2 Å². The standard InChI is InChI=1S/C12H17N5O2/c1-3-14-11-7-6-10(17(18)19)12(15-11)16(4-2)9-5-8-13/h6-7H,3-5,9H2,1-2H3,(H,14,15). The first kappa shape index (κ1) is 14.7. The summed E-state index contributed by atoms with van der Waals surface area (Å²) in [6.07, 6.45) is 0.304. The summed E-state index contributed by atoms with van der Waals surface area (Å²) < 4.78 is 0. The van der Waals surface area contributed by atoms with Crippen LogP contribution < -0.4 is 10.2 Å². The van der Waals surface area contributed by atoms with Crippen LogP contribution in [0.2, 0.25) is 0 Å². The number of hydrogen-bond donors (Lipinski definition) is 1. The van der Waals surface area contributed by atoms with Crippen molar-refractivity contribution in [2.45, 2.75) is 20.3 Å². The van der Waals surface area contributed by atoms with Gasteiger partial charge in [0.25, 0.3) is 0 Å². The monoisotopic (exact) mass is 263 g/mol. The zero-order valence-electron chi connectivity index (χ0n) is 11.1. The van der Waals surface area contributed by atoms with Crippen LogP contribution in [0.1, 0.15) is 20.3 Å². The summed E-state index contributed by atoms with van der Waals surface area (Å²) >= 11 is 0. The third-order valence-corrected chi connectivity index (χ3v) is 2.58. The first-order chi connectivity index (χ1) is 9.13. The van der Waals surface area contributed by atoms with Crippen molar-refractivity contribution in [3.63, 3.8) is 0 Å². The van der Waals surface area contributed by atoms with Crippen molar-refractivity contribution < 1.29 is 4.92 Å². The second-order valence-electron chi connectivity index (χ2n) is 3.81. The Balaban J connectivity index is 3.14. The lowest BCUT2D eigenvalue weighted by molar-refractivity contribution is -0.384. The fourth-order valence-electron chi connectivity index (χ4n) is 1.69. The SMILES string of the molecule is CCNc1ccc([N+](=O)[O-])c(N(CC)CCC#N)n1. The van der Waals surface area contributed by atoms with E-state index in [4.69, 9.17) is 5.26 Å². The third kappa shape index (κ3) is 3.81. The van der Waals surface area contributed by atoms with Crippen LogP contribution in [0.4, 0.5) is 17.3 Å². The van der Waals surface area contributed by atoms with E-state index in [1.54, 1.807) is 11.0 Å². The minimum Gasteiger partial charge on any atom is -0.370 e. The number of anilines is 2. The molecule has 1 heterocycles. The Morgan fingerprint density at radius 2 is 2.26 bits per heavy atom. The van der Waals surface area contributed by atoms with E-state index < -0.39 is 4.92 Å². The van der Waals surface area contributed by atoms with Gasteiger partial charge in [0.1, 0.15) is 5.82 Å². The largest absolute Gasteiger partial charge is 0.370 e. The third-order valence-electron chi connectivity index (χ3n) is 2.58. The molecule has 0 unspecified atom stereocenters. The van der Waals surface area contributed by atoms with Gasteiger partial charge in [-0.15, -0.1) is 0 Å². The normalized spacial score (nSPS) is 9.74. The second-order valence-corrected chi connectivity index (χ2v) is 3.81. The number of hydrogen-bond acceptors (Lipinski definition) is 6. The lowest BCUT2D eigenvalue weighted by Gasteiger charge is -2.20. The van der Waals surface area contributed by atoms with E-state index in [2.05, 4.69) is 10.3 Å². The summed E-state index contributed by atoms with van der Waals surface area (Å²) in [7, 11) is 0. The maximum Gasteiger partial charge on any atom is 0.311 e. The molecule has 0 saturated heterocycles. The summed E-state index contributed by atoms with van der Waals surface area (Å²) in [6.45, 7) is 5.48. The van der Waals surface area contributed by atoms with E-state index >= 15 is 0 Å². The molecule has 0 aromatic carbocycles. The molecule has 0 radical (unpaired) electrons. The molecular formula is C12H17N5O2. The lowest BCUT2D eigenvalue weighted by atomic mass is 10.3. The maximum absolute atomic E-state index is 11.0. The minimum atomic E-state index is -0.451. The van der Waals surface area contributed by atoms with Gasteiger partial charge in [0.15, 0.2) is 0 Å². The fourth-order valence-corrected chi connectivity index (χ4v) is 1.69. The molecule has 1 aromatic rings. The topological polar surface area (TPSA) is 95.1 Å². The average molecular weight is 263 g/mol. The van der Waals surface area contributed by atoms with Crippen molar-refractivity contribution in [1.82, 2.24) is 4.98 Å². The molecule has 7 nitrogen and oxygen atoms in total. The molecule has 0 fully saturated rings. The number of nitro groups is 1. The first-order valence-corrected chi connectivity index (χ1v) is 6.15. The number of nitriles is 1. The van der Waals surface area contributed by atoms with E-state index in [9.17, 15) is 10.1 Å². The number of pyridine rings is 1. The highest BCUT2D eigenvalue weighted by Gasteiger charge is 2.20. The molecular weight excluding hydrogens is 246 g/mol. The van der Waals surface area contributed by atoms with Crippen LogP contribution in [-0.2, 0) is 0 Å². The van der Waals surface area contributed by atoms with Crippen LogP contribution >= 0.6 is 0 Å².